The number of hydrogen-bond donors (Lipinski definition) is 1. The first-order valence-corrected chi connectivity index (χ1v) is 6.32. The van der Waals surface area contributed by atoms with Gasteiger partial charge in [0.15, 0.2) is 0 Å². The highest BCUT2D eigenvalue weighted by Gasteiger charge is 2.08. The Bertz CT molecular complexity index is 191. The number of alkyl halides is 1. The zero-order chi connectivity index (χ0) is 8.91. The van der Waals surface area contributed by atoms with Gasteiger partial charge in [0.25, 0.3) is 0 Å². The van der Waals surface area contributed by atoms with Gasteiger partial charge < -0.3 is 0 Å². The standard InChI is InChI=1S/C6H14BrNO2S/c1-3-6(2)4-8-11(9,10)5-7/h6,8H,3-5H2,1-2H3. The second-order valence-electron chi connectivity index (χ2n) is 2.59. The molecule has 3 nitrogen and oxygen atoms in total. The zero-order valence-corrected chi connectivity index (χ0v) is 9.20. The van der Waals surface area contributed by atoms with Crippen LogP contribution in [0, 0.1) is 5.92 Å². The topological polar surface area (TPSA) is 46.2 Å². The van der Waals surface area contributed by atoms with Crippen molar-refractivity contribution in [2.75, 3.05) is 11.2 Å². The van der Waals surface area contributed by atoms with Crippen LogP contribution < -0.4 is 4.72 Å². The van der Waals surface area contributed by atoms with Crippen molar-refractivity contribution in [3.63, 3.8) is 0 Å². The molecule has 0 rings (SSSR count). The second-order valence-corrected chi connectivity index (χ2v) is 5.70. The molecular weight excluding hydrogens is 230 g/mol. The van der Waals surface area contributed by atoms with E-state index in [0.717, 1.165) is 6.42 Å². The molecule has 0 spiro atoms. The number of hydrogen-bond acceptors (Lipinski definition) is 2. The Morgan fingerprint density at radius 2 is 2.09 bits per heavy atom. The summed E-state index contributed by atoms with van der Waals surface area (Å²) in [6.45, 7) is 4.58. The van der Waals surface area contributed by atoms with Gasteiger partial charge in [-0.2, -0.15) is 0 Å². The molecule has 0 aromatic rings. The van der Waals surface area contributed by atoms with Gasteiger partial charge >= 0.3 is 0 Å². The molecule has 0 aliphatic rings. The van der Waals surface area contributed by atoms with Crippen LogP contribution in [0.4, 0.5) is 0 Å². The van der Waals surface area contributed by atoms with E-state index < -0.39 is 10.0 Å². The average Bonchev–Trinajstić information content (AvgIpc) is 2.00. The van der Waals surface area contributed by atoms with E-state index in [-0.39, 0.29) is 4.66 Å². The summed E-state index contributed by atoms with van der Waals surface area (Å²) in [4.78, 5) is 0. The third kappa shape index (κ3) is 5.64. The molecule has 0 aliphatic heterocycles. The molecule has 1 unspecified atom stereocenters. The van der Waals surface area contributed by atoms with Crippen molar-refractivity contribution >= 4 is 26.0 Å². The van der Waals surface area contributed by atoms with Crippen molar-refractivity contribution in [3.8, 4) is 0 Å². The van der Waals surface area contributed by atoms with Crippen LogP contribution in [0.2, 0.25) is 0 Å². The molecule has 0 saturated carbocycles. The molecule has 1 atom stereocenters. The van der Waals surface area contributed by atoms with E-state index in [1.165, 1.54) is 0 Å². The third-order valence-corrected chi connectivity index (χ3v) is 4.19. The molecule has 0 heterocycles. The molecule has 0 aromatic heterocycles. The molecule has 0 fully saturated rings. The van der Waals surface area contributed by atoms with E-state index >= 15 is 0 Å². The van der Waals surface area contributed by atoms with Gasteiger partial charge in [-0.25, -0.2) is 13.1 Å². The first kappa shape index (κ1) is 11.4. The molecular formula is C6H14BrNO2S. The molecule has 0 radical (unpaired) electrons. The predicted molar refractivity (Wildman–Crippen MR) is 50.2 cm³/mol. The minimum absolute atomic E-state index is 0.0174. The fraction of sp³-hybridized carbons (Fsp3) is 1.00. The number of halogens is 1. The van der Waals surface area contributed by atoms with E-state index in [0.29, 0.717) is 12.5 Å². The maximum absolute atomic E-state index is 10.9. The summed E-state index contributed by atoms with van der Waals surface area (Å²) in [5, 5.41) is 0. The fourth-order valence-corrected chi connectivity index (χ4v) is 1.55. The SMILES string of the molecule is CCC(C)CNS(=O)(=O)CBr. The fourth-order valence-electron chi connectivity index (χ4n) is 0.452. The van der Waals surface area contributed by atoms with Gasteiger partial charge in [-0.05, 0) is 5.92 Å². The lowest BCUT2D eigenvalue weighted by molar-refractivity contribution is 0.531. The van der Waals surface area contributed by atoms with Crippen LogP contribution in [-0.4, -0.2) is 19.6 Å². The van der Waals surface area contributed by atoms with E-state index in [1.807, 2.05) is 13.8 Å². The summed E-state index contributed by atoms with van der Waals surface area (Å²) in [7, 11) is -3.06. The monoisotopic (exact) mass is 243 g/mol. The largest absolute Gasteiger partial charge is 0.221 e. The van der Waals surface area contributed by atoms with Gasteiger partial charge in [0.05, 0.1) is 0 Å². The minimum atomic E-state index is -3.06. The third-order valence-electron chi connectivity index (χ3n) is 1.49. The highest BCUT2D eigenvalue weighted by atomic mass is 79.9. The lowest BCUT2D eigenvalue weighted by Crippen LogP contribution is -2.28. The van der Waals surface area contributed by atoms with E-state index in [1.54, 1.807) is 0 Å². The van der Waals surface area contributed by atoms with Gasteiger partial charge in [-0.1, -0.05) is 36.2 Å². The van der Waals surface area contributed by atoms with Crippen LogP contribution >= 0.6 is 15.9 Å². The van der Waals surface area contributed by atoms with Crippen LogP contribution in [-0.2, 0) is 10.0 Å². The van der Waals surface area contributed by atoms with Crippen molar-refractivity contribution in [3.05, 3.63) is 0 Å². The van der Waals surface area contributed by atoms with Crippen LogP contribution in [0.1, 0.15) is 20.3 Å². The molecule has 68 valence electrons. The van der Waals surface area contributed by atoms with Crippen LogP contribution in [0.15, 0.2) is 0 Å². The molecule has 5 heteroatoms. The first-order valence-electron chi connectivity index (χ1n) is 3.55. The maximum atomic E-state index is 10.9. The van der Waals surface area contributed by atoms with Crippen LogP contribution in [0.25, 0.3) is 0 Å². The summed E-state index contributed by atoms with van der Waals surface area (Å²) in [6.07, 6.45) is 0.991. The number of nitrogens with one attached hydrogen (secondary N) is 1. The average molecular weight is 244 g/mol. The summed E-state index contributed by atoms with van der Waals surface area (Å²) in [5.41, 5.74) is 0. The predicted octanol–water partition coefficient (Wildman–Crippen LogP) is 1.30. The van der Waals surface area contributed by atoms with Crippen molar-refractivity contribution < 1.29 is 8.42 Å². The highest BCUT2D eigenvalue weighted by Crippen LogP contribution is 1.99. The Morgan fingerprint density at radius 1 is 1.55 bits per heavy atom. The lowest BCUT2D eigenvalue weighted by Gasteiger charge is -2.08. The summed E-state index contributed by atoms with van der Waals surface area (Å²) in [6, 6.07) is 0. The Morgan fingerprint density at radius 3 is 2.45 bits per heavy atom. The summed E-state index contributed by atoms with van der Waals surface area (Å²) in [5.74, 6) is 0.406. The molecule has 11 heavy (non-hydrogen) atoms. The molecule has 0 aromatic carbocycles. The van der Waals surface area contributed by atoms with Gasteiger partial charge in [0.2, 0.25) is 10.0 Å². The van der Waals surface area contributed by atoms with Crippen molar-refractivity contribution in [1.82, 2.24) is 4.72 Å². The zero-order valence-electron chi connectivity index (χ0n) is 6.80. The van der Waals surface area contributed by atoms with E-state index in [9.17, 15) is 8.42 Å². The molecule has 0 bridgehead atoms. The maximum Gasteiger partial charge on any atom is 0.221 e. The quantitative estimate of drug-likeness (QED) is 0.741. The second kappa shape index (κ2) is 5.11. The van der Waals surface area contributed by atoms with Crippen LogP contribution in [0.3, 0.4) is 0 Å². The Balaban J connectivity index is 3.71. The van der Waals surface area contributed by atoms with Crippen molar-refractivity contribution in [2.24, 2.45) is 5.92 Å². The van der Waals surface area contributed by atoms with Gasteiger partial charge in [0, 0.05) is 6.54 Å². The van der Waals surface area contributed by atoms with Gasteiger partial charge in [-0.15, -0.1) is 0 Å². The molecule has 0 aliphatic carbocycles. The van der Waals surface area contributed by atoms with Gasteiger partial charge in [0.1, 0.15) is 4.66 Å². The summed E-state index contributed by atoms with van der Waals surface area (Å²) < 4.78 is 24.2. The summed E-state index contributed by atoms with van der Waals surface area (Å²) >= 11 is 2.89. The Hall–Kier alpha value is 0.390. The van der Waals surface area contributed by atoms with Gasteiger partial charge in [-0.3, -0.25) is 0 Å². The normalized spacial score (nSPS) is 14.8. The Labute approximate surface area is 76.7 Å². The molecule has 1 N–H and O–H groups in total. The van der Waals surface area contributed by atoms with E-state index in [2.05, 4.69) is 20.7 Å². The highest BCUT2D eigenvalue weighted by molar-refractivity contribution is 9.10. The first-order chi connectivity index (χ1) is 5.02. The van der Waals surface area contributed by atoms with Crippen molar-refractivity contribution in [2.45, 2.75) is 20.3 Å². The lowest BCUT2D eigenvalue weighted by atomic mass is 10.1. The number of rotatable bonds is 5. The molecule has 0 amide bonds. The minimum Gasteiger partial charge on any atom is -0.214 e. The molecule has 0 saturated heterocycles. The van der Waals surface area contributed by atoms with Crippen molar-refractivity contribution in [1.29, 1.82) is 0 Å². The smallest absolute Gasteiger partial charge is 0.214 e. The number of sulfonamides is 1. The Kier molecular flexibility index (Phi) is 5.29. The van der Waals surface area contributed by atoms with Crippen LogP contribution in [0.5, 0.6) is 0 Å². The van der Waals surface area contributed by atoms with E-state index in [4.69, 9.17) is 0 Å².